The molecule has 2 aromatic rings. The molecule has 1 aliphatic carbocycles. The minimum Gasteiger partial charge on any atom is -0.505 e. The largest absolute Gasteiger partial charge is 0.505 e. The van der Waals surface area contributed by atoms with Gasteiger partial charge in [-0.1, -0.05) is 24.3 Å². The number of allylic oxidation sites excluding steroid dienone is 2. The average Bonchev–Trinajstić information content (AvgIpc) is 2.65. The molecule has 6 N–H and O–H groups in total. The van der Waals surface area contributed by atoms with Crippen LogP contribution in [0.3, 0.4) is 0 Å². The molecule has 0 radical (unpaired) electrons. The van der Waals surface area contributed by atoms with Crippen LogP contribution in [0.5, 0.6) is 5.75 Å². The third kappa shape index (κ3) is 4.35. The number of anilines is 1. The van der Waals surface area contributed by atoms with Crippen molar-refractivity contribution in [1.82, 2.24) is 0 Å². The fraction of sp³-hybridized carbons (Fsp3) is 0.176. The van der Waals surface area contributed by atoms with Gasteiger partial charge in [-0.2, -0.15) is 30.4 Å². The van der Waals surface area contributed by atoms with Crippen molar-refractivity contribution < 1.29 is 44.0 Å². The Morgan fingerprint density at radius 3 is 2.15 bits per heavy atom. The quantitative estimate of drug-likeness (QED) is 0.217. The van der Waals surface area contributed by atoms with Crippen LogP contribution in [0.1, 0.15) is 6.92 Å². The molecule has 2 unspecified atom stereocenters. The van der Waals surface area contributed by atoms with E-state index >= 15 is 0 Å². The van der Waals surface area contributed by atoms with Crippen molar-refractivity contribution in [2.75, 3.05) is 5.73 Å². The molecule has 16 heteroatoms. The number of nitrogens with zero attached hydrogens (tertiary/aromatic N) is 2. The zero-order valence-electron chi connectivity index (χ0n) is 16.6. The van der Waals surface area contributed by atoms with Gasteiger partial charge in [-0.05, 0) is 25.1 Å². The van der Waals surface area contributed by atoms with E-state index in [9.17, 15) is 44.0 Å². The normalized spacial score (nSPS) is 21.8. The zero-order chi connectivity index (χ0) is 25.0. The minimum absolute atomic E-state index is 0.324. The van der Waals surface area contributed by atoms with Crippen LogP contribution in [0.25, 0.3) is 10.8 Å². The lowest BCUT2D eigenvalue weighted by atomic mass is 9.97. The van der Waals surface area contributed by atoms with Gasteiger partial charge in [-0.15, -0.1) is 5.11 Å². The molecule has 0 aliphatic heterocycles. The van der Waals surface area contributed by atoms with E-state index in [1.807, 2.05) is 0 Å². The first-order chi connectivity index (χ1) is 15.0. The van der Waals surface area contributed by atoms with Crippen LogP contribution in [0.2, 0.25) is 0 Å². The summed E-state index contributed by atoms with van der Waals surface area (Å²) in [6.45, 7) is 1.12. The Morgan fingerprint density at radius 1 is 0.970 bits per heavy atom. The second-order valence-electron chi connectivity index (χ2n) is 7.16. The van der Waals surface area contributed by atoms with E-state index in [0.29, 0.717) is 6.07 Å². The molecule has 1 aliphatic rings. The van der Waals surface area contributed by atoms with E-state index in [4.69, 9.17) is 5.73 Å². The molecule has 0 spiro atoms. The molecule has 0 saturated heterocycles. The molecule has 13 nitrogen and oxygen atoms in total. The van der Waals surface area contributed by atoms with Gasteiger partial charge in [-0.3, -0.25) is 13.7 Å². The van der Waals surface area contributed by atoms with Crippen LogP contribution in [-0.4, -0.2) is 54.8 Å². The number of rotatable bonds is 5. The van der Waals surface area contributed by atoms with Gasteiger partial charge < -0.3 is 10.8 Å². The van der Waals surface area contributed by atoms with Crippen molar-refractivity contribution in [3.8, 4) is 5.75 Å². The number of hydrogen-bond acceptors (Lipinski definition) is 10. The lowest BCUT2D eigenvalue weighted by molar-refractivity contribution is 0.438. The SMILES string of the molecule is CC1(S(=O)(=O)O)C=CC=CC1N=Nc1c(S(=O)(=O)O)cc2c(S(=O)(=O)O)c(N)ccc2c1O. The van der Waals surface area contributed by atoms with Gasteiger partial charge in [0.05, 0.1) is 5.69 Å². The highest BCUT2D eigenvalue weighted by atomic mass is 32.2. The van der Waals surface area contributed by atoms with E-state index in [1.54, 1.807) is 0 Å². The lowest BCUT2D eigenvalue weighted by Gasteiger charge is -2.28. The molecule has 0 heterocycles. The maximum Gasteiger partial charge on any atom is 0.297 e. The molecule has 2 aromatic carbocycles. The van der Waals surface area contributed by atoms with Crippen LogP contribution in [-0.2, 0) is 30.4 Å². The number of fused-ring (bicyclic) bond motifs is 1. The molecule has 0 fully saturated rings. The van der Waals surface area contributed by atoms with Crippen LogP contribution in [0, 0.1) is 0 Å². The molecule has 0 bridgehead atoms. The number of phenolic OH excluding ortho intramolecular Hbond substituents is 1. The first-order valence-corrected chi connectivity index (χ1v) is 13.1. The van der Waals surface area contributed by atoms with Gasteiger partial charge in [0.25, 0.3) is 30.4 Å². The fourth-order valence-electron chi connectivity index (χ4n) is 3.21. The predicted molar refractivity (Wildman–Crippen MR) is 116 cm³/mol. The van der Waals surface area contributed by atoms with Gasteiger partial charge >= 0.3 is 0 Å². The number of aromatic hydroxyl groups is 1. The number of hydrogen-bond donors (Lipinski definition) is 5. The Labute approximate surface area is 188 Å². The van der Waals surface area contributed by atoms with Gasteiger partial charge in [0.2, 0.25) is 0 Å². The summed E-state index contributed by atoms with van der Waals surface area (Å²) in [5, 5.41) is 17.1. The summed E-state index contributed by atoms with van der Waals surface area (Å²) in [6, 6.07) is 1.36. The molecule has 3 rings (SSSR count). The van der Waals surface area contributed by atoms with Crippen molar-refractivity contribution in [2.45, 2.75) is 27.5 Å². The topological polar surface area (TPSA) is 234 Å². The van der Waals surface area contributed by atoms with Crippen molar-refractivity contribution >= 4 is 52.5 Å². The minimum atomic E-state index is -5.16. The van der Waals surface area contributed by atoms with Crippen molar-refractivity contribution in [2.24, 2.45) is 10.2 Å². The molecule has 33 heavy (non-hydrogen) atoms. The maximum atomic E-state index is 12.0. The predicted octanol–water partition coefficient (Wildman–Crippen LogP) is 1.85. The summed E-state index contributed by atoms with van der Waals surface area (Å²) in [5.74, 6) is -0.960. The van der Waals surface area contributed by atoms with Crippen LogP contribution >= 0.6 is 0 Å². The summed E-state index contributed by atoms with van der Waals surface area (Å²) < 4.78 is 97.9. The summed E-state index contributed by atoms with van der Waals surface area (Å²) in [4.78, 5) is -2.02. The van der Waals surface area contributed by atoms with Gasteiger partial charge in [0.15, 0.2) is 5.75 Å². The van der Waals surface area contributed by atoms with Gasteiger partial charge in [0.1, 0.15) is 26.3 Å². The van der Waals surface area contributed by atoms with Gasteiger partial charge in [0, 0.05) is 10.8 Å². The van der Waals surface area contributed by atoms with E-state index in [2.05, 4.69) is 10.2 Å². The molecule has 2 atom stereocenters. The molecule has 178 valence electrons. The summed E-state index contributed by atoms with van der Waals surface area (Å²) in [7, 11) is -14.9. The Kier molecular flexibility index (Phi) is 5.89. The van der Waals surface area contributed by atoms with Crippen molar-refractivity contribution in [3.05, 3.63) is 42.5 Å². The number of nitrogens with two attached hydrogens (primary N) is 1. The monoisotopic (exact) mass is 519 g/mol. The Hall–Kier alpha value is -2.89. The second kappa shape index (κ2) is 7.86. The Morgan fingerprint density at radius 2 is 1.61 bits per heavy atom. The van der Waals surface area contributed by atoms with Crippen molar-refractivity contribution in [3.63, 3.8) is 0 Å². The number of phenols is 1. The Bertz CT molecular complexity index is 1580. The summed E-state index contributed by atoms with van der Waals surface area (Å²) in [6.07, 6.45) is 5.08. The number of nitrogen functional groups attached to an aromatic ring is 1. The highest BCUT2D eigenvalue weighted by molar-refractivity contribution is 7.87. The van der Waals surface area contributed by atoms with Gasteiger partial charge in [-0.25, -0.2) is 0 Å². The number of benzene rings is 2. The third-order valence-electron chi connectivity index (χ3n) is 5.01. The zero-order valence-corrected chi connectivity index (χ0v) is 19.0. The van der Waals surface area contributed by atoms with Crippen LogP contribution in [0.4, 0.5) is 11.4 Å². The number of azo groups is 1. The van der Waals surface area contributed by atoms with E-state index in [-0.39, 0.29) is 5.39 Å². The Balaban J connectivity index is 2.34. The molecule has 0 aromatic heterocycles. The molecule has 0 amide bonds. The van der Waals surface area contributed by atoms with E-state index in [1.165, 1.54) is 18.2 Å². The average molecular weight is 520 g/mol. The highest BCUT2D eigenvalue weighted by Crippen LogP contribution is 2.44. The van der Waals surface area contributed by atoms with Crippen LogP contribution < -0.4 is 5.73 Å². The molecular weight excluding hydrogens is 502 g/mol. The summed E-state index contributed by atoms with van der Waals surface area (Å²) in [5.41, 5.74) is 4.26. The van der Waals surface area contributed by atoms with E-state index < -0.39 is 73.4 Å². The maximum absolute atomic E-state index is 12.0. The van der Waals surface area contributed by atoms with E-state index in [0.717, 1.165) is 25.1 Å². The smallest absolute Gasteiger partial charge is 0.297 e. The standard InChI is InChI=1S/C17H17N3O10S3/c1-17(33(28,29)30)7-3-2-4-13(17)19-20-14-12(31(22,23)24)8-10-9(15(14)21)5-6-11(18)16(10)32(25,26)27/h2-8,13,21H,18H2,1H3,(H,22,23,24)(H,25,26,27)(H,28,29,30). The first-order valence-electron chi connectivity index (χ1n) is 8.75. The second-order valence-corrected chi connectivity index (χ2v) is 11.7. The first kappa shape index (κ1) is 24.7. The third-order valence-corrected chi connectivity index (χ3v) is 8.34. The molecule has 0 saturated carbocycles. The highest BCUT2D eigenvalue weighted by Gasteiger charge is 2.44. The van der Waals surface area contributed by atoms with Crippen molar-refractivity contribution in [1.29, 1.82) is 0 Å². The van der Waals surface area contributed by atoms with Crippen LogP contribution in [0.15, 0.2) is 62.5 Å². The lowest BCUT2D eigenvalue weighted by Crippen LogP contribution is -2.43. The molecular formula is C17H17N3O10S3. The summed E-state index contributed by atoms with van der Waals surface area (Å²) >= 11 is 0. The fourth-order valence-corrected chi connectivity index (χ4v) is 5.35.